The first-order valence-electron chi connectivity index (χ1n) is 8.42. The largest absolute Gasteiger partial charge is 0.493 e. The number of imide groups is 1. The average Bonchev–Trinajstić information content (AvgIpc) is 2.61. The number of ether oxygens (including phenoxy) is 2. The number of hydrazone groups is 1. The van der Waals surface area contributed by atoms with Crippen LogP contribution in [0.1, 0.15) is 32.3 Å². The molecule has 1 fully saturated rings. The van der Waals surface area contributed by atoms with Gasteiger partial charge in [-0.1, -0.05) is 0 Å². The van der Waals surface area contributed by atoms with E-state index in [1.807, 2.05) is 13.8 Å². The Morgan fingerprint density at radius 2 is 2.11 bits per heavy atom. The van der Waals surface area contributed by atoms with E-state index in [0.29, 0.717) is 11.5 Å². The maximum atomic E-state index is 11.8. The molecule has 2 rings (SSSR count). The van der Waals surface area contributed by atoms with Gasteiger partial charge in [0, 0.05) is 6.42 Å². The lowest BCUT2D eigenvalue weighted by atomic mass is 10.1. The lowest BCUT2D eigenvalue weighted by Gasteiger charge is -2.22. The van der Waals surface area contributed by atoms with Gasteiger partial charge in [-0.05, 0) is 44.0 Å². The van der Waals surface area contributed by atoms with Crippen LogP contribution in [0.3, 0.4) is 0 Å². The number of urea groups is 1. The molecule has 4 N–H and O–H groups in total. The first-order valence-corrected chi connectivity index (χ1v) is 8.42. The Hall–Kier alpha value is -3.14. The number of hydrazine groups is 1. The summed E-state index contributed by atoms with van der Waals surface area (Å²) in [5.41, 5.74) is 7.92. The summed E-state index contributed by atoms with van der Waals surface area (Å²) in [6, 6.07) is 4.01. The molecule has 0 bridgehead atoms. The normalized spacial score (nSPS) is 16.8. The third kappa shape index (κ3) is 6.26. The molecular weight excluding hydrogens is 354 g/mol. The molecule has 146 valence electrons. The monoisotopic (exact) mass is 377 g/mol. The van der Waals surface area contributed by atoms with E-state index in [9.17, 15) is 14.4 Å². The Kier molecular flexibility index (Phi) is 7.12. The van der Waals surface area contributed by atoms with Crippen LogP contribution in [0.25, 0.3) is 0 Å². The number of nitrogens with one attached hydrogen (secondary N) is 4. The SMILES string of the molecule is COc1cc(/C=N/NC(=O)CCC2NNC(=O)NC2=O)ccc1OC(C)C. The molecule has 10 heteroatoms. The summed E-state index contributed by atoms with van der Waals surface area (Å²) in [7, 11) is 1.54. The number of nitrogens with zero attached hydrogens (tertiary/aromatic N) is 1. The molecule has 27 heavy (non-hydrogen) atoms. The van der Waals surface area contributed by atoms with Crippen molar-refractivity contribution in [2.45, 2.75) is 38.8 Å². The van der Waals surface area contributed by atoms with Gasteiger partial charge in [-0.25, -0.2) is 15.6 Å². The van der Waals surface area contributed by atoms with E-state index in [1.165, 1.54) is 6.21 Å². The van der Waals surface area contributed by atoms with Crippen LogP contribution in [0.15, 0.2) is 23.3 Å². The fraction of sp³-hybridized carbons (Fsp3) is 0.412. The lowest BCUT2D eigenvalue weighted by Crippen LogP contribution is -2.62. The second-order valence-electron chi connectivity index (χ2n) is 6.05. The maximum Gasteiger partial charge on any atom is 0.335 e. The zero-order valence-corrected chi connectivity index (χ0v) is 15.4. The van der Waals surface area contributed by atoms with Gasteiger partial charge < -0.3 is 9.47 Å². The van der Waals surface area contributed by atoms with Crippen LogP contribution in [-0.2, 0) is 9.59 Å². The predicted molar refractivity (Wildman–Crippen MR) is 97.3 cm³/mol. The van der Waals surface area contributed by atoms with Gasteiger partial charge in [0.15, 0.2) is 11.5 Å². The fourth-order valence-electron chi connectivity index (χ4n) is 2.28. The number of carbonyl (C=O) groups is 3. The highest BCUT2D eigenvalue weighted by Gasteiger charge is 2.25. The molecule has 10 nitrogen and oxygen atoms in total. The Bertz CT molecular complexity index is 734. The highest BCUT2D eigenvalue weighted by Crippen LogP contribution is 2.28. The quantitative estimate of drug-likeness (QED) is 0.384. The van der Waals surface area contributed by atoms with Crippen molar-refractivity contribution in [3.63, 3.8) is 0 Å². The van der Waals surface area contributed by atoms with Gasteiger partial charge in [-0.3, -0.25) is 20.3 Å². The summed E-state index contributed by atoms with van der Waals surface area (Å²) in [6.45, 7) is 3.84. The van der Waals surface area contributed by atoms with Crippen molar-refractivity contribution in [1.29, 1.82) is 0 Å². The number of rotatable bonds is 8. The molecule has 1 aromatic rings. The summed E-state index contributed by atoms with van der Waals surface area (Å²) < 4.78 is 10.9. The number of benzene rings is 1. The minimum atomic E-state index is -0.671. The second kappa shape index (κ2) is 9.53. The highest BCUT2D eigenvalue weighted by molar-refractivity contribution is 5.99. The molecule has 1 saturated heterocycles. The van der Waals surface area contributed by atoms with Crippen LogP contribution in [0, 0.1) is 0 Å². The number of methoxy groups -OCH3 is 1. The highest BCUT2D eigenvalue weighted by atomic mass is 16.5. The first-order chi connectivity index (χ1) is 12.9. The van der Waals surface area contributed by atoms with Crippen molar-refractivity contribution in [3.05, 3.63) is 23.8 Å². The van der Waals surface area contributed by atoms with Crippen LogP contribution >= 0.6 is 0 Å². The first kappa shape index (κ1) is 20.2. The van der Waals surface area contributed by atoms with Gasteiger partial charge in [-0.2, -0.15) is 5.10 Å². The topological polar surface area (TPSA) is 130 Å². The molecule has 1 aliphatic heterocycles. The predicted octanol–water partition coefficient (Wildman–Crippen LogP) is 0.425. The summed E-state index contributed by atoms with van der Waals surface area (Å²) in [4.78, 5) is 34.3. The molecule has 1 heterocycles. The molecule has 1 aromatic carbocycles. The summed E-state index contributed by atoms with van der Waals surface area (Å²) in [6.07, 6.45) is 1.77. The Labute approximate surface area is 156 Å². The smallest absolute Gasteiger partial charge is 0.335 e. The van der Waals surface area contributed by atoms with Crippen molar-refractivity contribution >= 4 is 24.1 Å². The van der Waals surface area contributed by atoms with Crippen molar-refractivity contribution < 1.29 is 23.9 Å². The zero-order valence-electron chi connectivity index (χ0n) is 15.4. The Morgan fingerprint density at radius 1 is 1.33 bits per heavy atom. The third-order valence-corrected chi connectivity index (χ3v) is 3.53. The average molecular weight is 377 g/mol. The van der Waals surface area contributed by atoms with E-state index >= 15 is 0 Å². The number of amides is 4. The van der Waals surface area contributed by atoms with E-state index in [1.54, 1.807) is 25.3 Å². The van der Waals surface area contributed by atoms with Gasteiger partial charge in [0.05, 0.1) is 19.4 Å². The third-order valence-electron chi connectivity index (χ3n) is 3.53. The van der Waals surface area contributed by atoms with Gasteiger partial charge in [0.25, 0.3) is 0 Å². The number of carbonyl (C=O) groups excluding carboxylic acids is 3. The Morgan fingerprint density at radius 3 is 2.78 bits per heavy atom. The van der Waals surface area contributed by atoms with Crippen LogP contribution in [-0.4, -0.2) is 43.3 Å². The van der Waals surface area contributed by atoms with Crippen LogP contribution in [0.2, 0.25) is 0 Å². The fourth-order valence-corrected chi connectivity index (χ4v) is 2.28. The van der Waals surface area contributed by atoms with Crippen molar-refractivity contribution in [2.24, 2.45) is 5.10 Å². The minimum Gasteiger partial charge on any atom is -0.493 e. The standard InChI is InChI=1S/C17H23N5O5/c1-10(2)27-13-6-4-11(8-14(13)26-3)9-18-21-15(23)7-5-12-16(24)19-17(25)22-20-12/h4,6,8-10,12,20H,5,7H2,1-3H3,(H,21,23)(H2,19,22,24,25)/b18-9+. The molecule has 0 radical (unpaired) electrons. The van der Waals surface area contributed by atoms with E-state index in [0.717, 1.165) is 5.56 Å². The van der Waals surface area contributed by atoms with Gasteiger partial charge in [0.1, 0.15) is 6.04 Å². The molecule has 1 aliphatic rings. The van der Waals surface area contributed by atoms with E-state index < -0.39 is 18.0 Å². The van der Waals surface area contributed by atoms with E-state index in [4.69, 9.17) is 9.47 Å². The van der Waals surface area contributed by atoms with Crippen LogP contribution in [0.5, 0.6) is 11.5 Å². The second-order valence-corrected chi connectivity index (χ2v) is 6.05. The van der Waals surface area contributed by atoms with Crippen LogP contribution < -0.4 is 31.1 Å². The maximum absolute atomic E-state index is 11.8. The van der Waals surface area contributed by atoms with Gasteiger partial charge in [0.2, 0.25) is 11.8 Å². The molecule has 0 saturated carbocycles. The molecule has 0 aliphatic carbocycles. The molecular formula is C17H23N5O5. The van der Waals surface area contributed by atoms with E-state index in [-0.39, 0.29) is 24.9 Å². The summed E-state index contributed by atoms with van der Waals surface area (Å²) in [5, 5.41) is 6.00. The van der Waals surface area contributed by atoms with Crippen LogP contribution in [0.4, 0.5) is 4.79 Å². The molecule has 0 aromatic heterocycles. The lowest BCUT2D eigenvalue weighted by molar-refractivity contribution is -0.124. The minimum absolute atomic E-state index is 0.0201. The Balaban J connectivity index is 1.83. The van der Waals surface area contributed by atoms with Gasteiger partial charge >= 0.3 is 6.03 Å². The van der Waals surface area contributed by atoms with Gasteiger partial charge in [-0.15, -0.1) is 0 Å². The summed E-state index contributed by atoms with van der Waals surface area (Å²) >= 11 is 0. The van der Waals surface area contributed by atoms with E-state index in [2.05, 4.69) is 26.7 Å². The summed E-state index contributed by atoms with van der Waals surface area (Å²) in [5.74, 6) is 0.352. The number of hydrogen-bond acceptors (Lipinski definition) is 7. The number of hydrogen-bond donors (Lipinski definition) is 4. The molecule has 1 atom stereocenters. The molecule has 4 amide bonds. The van der Waals surface area contributed by atoms with Crippen molar-refractivity contribution in [2.75, 3.05) is 7.11 Å². The zero-order chi connectivity index (χ0) is 19.8. The van der Waals surface area contributed by atoms with Crippen molar-refractivity contribution in [3.8, 4) is 11.5 Å². The molecule has 1 unspecified atom stereocenters. The van der Waals surface area contributed by atoms with Crippen molar-refractivity contribution in [1.82, 2.24) is 21.6 Å². The molecule has 0 spiro atoms.